The van der Waals surface area contributed by atoms with Crippen molar-refractivity contribution in [2.75, 3.05) is 5.32 Å². The molecule has 0 fully saturated rings. The Morgan fingerprint density at radius 3 is 2.76 bits per heavy atom. The zero-order chi connectivity index (χ0) is 17.1. The van der Waals surface area contributed by atoms with Gasteiger partial charge in [-0.1, -0.05) is 59.9 Å². The lowest BCUT2D eigenvalue weighted by Gasteiger charge is -2.09. The average Bonchev–Trinajstić information content (AvgIpc) is 3.33. The third kappa shape index (κ3) is 3.32. The number of thiazole rings is 1. The van der Waals surface area contributed by atoms with Crippen molar-refractivity contribution in [1.29, 1.82) is 0 Å². The molecule has 1 aromatic carbocycles. The monoisotopic (exact) mass is 348 g/mol. The van der Waals surface area contributed by atoms with Crippen LogP contribution in [0, 0.1) is 0 Å². The van der Waals surface area contributed by atoms with Gasteiger partial charge in [0.25, 0.3) is 5.91 Å². The smallest absolute Gasteiger partial charge is 0.292 e. The molecule has 0 unspecified atom stereocenters. The van der Waals surface area contributed by atoms with Crippen LogP contribution in [0.25, 0.3) is 16.1 Å². The molecule has 124 valence electrons. The number of amides is 1. The molecular formula is C20H16N2O2S. The maximum Gasteiger partial charge on any atom is 0.292 e. The first kappa shape index (κ1) is 15.6. The van der Waals surface area contributed by atoms with Gasteiger partial charge in [-0.3, -0.25) is 4.79 Å². The lowest BCUT2D eigenvalue weighted by Crippen LogP contribution is -2.11. The van der Waals surface area contributed by atoms with Gasteiger partial charge >= 0.3 is 0 Å². The van der Waals surface area contributed by atoms with Gasteiger partial charge in [-0.15, -0.1) is 0 Å². The van der Waals surface area contributed by atoms with Crippen LogP contribution in [0.2, 0.25) is 0 Å². The predicted octanol–water partition coefficient (Wildman–Crippen LogP) is 5.39. The topological polar surface area (TPSA) is 55.1 Å². The molecule has 3 aromatic rings. The lowest BCUT2D eigenvalue weighted by molar-refractivity contribution is 0.0997. The Labute approximate surface area is 149 Å². The van der Waals surface area contributed by atoms with E-state index in [4.69, 9.17) is 9.40 Å². The normalized spacial score (nSPS) is 13.5. The first-order chi connectivity index (χ1) is 12.3. The minimum absolute atomic E-state index is 0.263. The highest BCUT2D eigenvalue weighted by Crippen LogP contribution is 2.38. The summed E-state index contributed by atoms with van der Waals surface area (Å²) < 4.78 is 5.19. The van der Waals surface area contributed by atoms with Crippen molar-refractivity contribution >= 4 is 27.8 Å². The van der Waals surface area contributed by atoms with Crippen LogP contribution in [0.1, 0.15) is 29.1 Å². The number of hydrogen-bond donors (Lipinski definition) is 1. The van der Waals surface area contributed by atoms with Gasteiger partial charge in [-0.2, -0.15) is 0 Å². The predicted molar refractivity (Wildman–Crippen MR) is 101 cm³/mol. The van der Waals surface area contributed by atoms with Gasteiger partial charge < -0.3 is 9.73 Å². The van der Waals surface area contributed by atoms with E-state index >= 15 is 0 Å². The number of aromatic nitrogens is 1. The summed E-state index contributed by atoms with van der Waals surface area (Å²) in [6.07, 6.45) is 9.63. The second-order valence-electron chi connectivity index (χ2n) is 5.65. The number of rotatable bonds is 4. The minimum atomic E-state index is -0.263. The van der Waals surface area contributed by atoms with Crippen molar-refractivity contribution < 1.29 is 9.21 Å². The zero-order valence-electron chi connectivity index (χ0n) is 13.4. The number of carbonyl (C=O) groups excluding carboxylic acids is 1. The standard InChI is InChI=1S/C20H16N2O2S/c23-18(16-12-7-13-24-16)22-20-17(14-8-3-1-4-9-14)21-19(25-20)15-10-5-2-6-11-15/h1-3,5-8,10-13H,4,9H2,(H,22,23). The largest absolute Gasteiger partial charge is 0.459 e. The van der Waals surface area contributed by atoms with Gasteiger partial charge in [-0.25, -0.2) is 4.98 Å². The molecule has 4 nitrogen and oxygen atoms in total. The van der Waals surface area contributed by atoms with Gasteiger partial charge in [0.05, 0.1) is 6.26 Å². The molecule has 0 spiro atoms. The van der Waals surface area contributed by atoms with E-state index in [9.17, 15) is 4.79 Å². The van der Waals surface area contributed by atoms with E-state index in [0.717, 1.165) is 39.7 Å². The maximum atomic E-state index is 12.4. The van der Waals surface area contributed by atoms with Crippen LogP contribution in [-0.2, 0) is 0 Å². The summed E-state index contributed by atoms with van der Waals surface area (Å²) in [6, 6.07) is 13.3. The Kier molecular flexibility index (Phi) is 4.31. The summed E-state index contributed by atoms with van der Waals surface area (Å²) in [4.78, 5) is 17.2. The molecule has 2 heterocycles. The van der Waals surface area contributed by atoms with Crippen LogP contribution in [0.15, 0.2) is 71.4 Å². The van der Waals surface area contributed by atoms with Gasteiger partial charge in [0.1, 0.15) is 15.7 Å². The maximum absolute atomic E-state index is 12.4. The van der Waals surface area contributed by atoms with E-state index in [1.54, 1.807) is 12.1 Å². The van der Waals surface area contributed by atoms with Crippen molar-refractivity contribution in [3.8, 4) is 10.6 Å². The molecule has 0 saturated heterocycles. The third-order valence-electron chi connectivity index (χ3n) is 3.94. The first-order valence-corrected chi connectivity index (χ1v) is 8.90. The summed E-state index contributed by atoms with van der Waals surface area (Å²) in [7, 11) is 0. The molecule has 0 atom stereocenters. The van der Waals surface area contributed by atoms with Crippen molar-refractivity contribution in [3.63, 3.8) is 0 Å². The van der Waals surface area contributed by atoms with Gasteiger partial charge in [0.15, 0.2) is 5.76 Å². The molecule has 0 saturated carbocycles. The van der Waals surface area contributed by atoms with E-state index in [1.165, 1.54) is 17.6 Å². The number of allylic oxidation sites excluding steroid dienone is 4. The Balaban J connectivity index is 1.73. The molecule has 1 aliphatic carbocycles. The Hall–Kier alpha value is -2.92. The molecule has 0 aliphatic heterocycles. The van der Waals surface area contributed by atoms with Crippen molar-refractivity contribution in [2.24, 2.45) is 0 Å². The van der Waals surface area contributed by atoms with Gasteiger partial charge in [0.2, 0.25) is 0 Å². The van der Waals surface area contributed by atoms with Crippen LogP contribution in [-0.4, -0.2) is 10.9 Å². The Morgan fingerprint density at radius 1 is 1.16 bits per heavy atom. The molecule has 25 heavy (non-hydrogen) atoms. The summed E-state index contributed by atoms with van der Waals surface area (Å²) in [6.45, 7) is 0. The van der Waals surface area contributed by atoms with Crippen LogP contribution in [0.4, 0.5) is 5.00 Å². The fraction of sp³-hybridized carbons (Fsp3) is 0.100. The number of furan rings is 1. The molecule has 0 radical (unpaired) electrons. The lowest BCUT2D eigenvalue weighted by atomic mass is 10.0. The molecule has 1 amide bonds. The van der Waals surface area contributed by atoms with Crippen LogP contribution in [0.3, 0.4) is 0 Å². The van der Waals surface area contributed by atoms with E-state index in [1.807, 2.05) is 36.4 Å². The van der Waals surface area contributed by atoms with Crippen LogP contribution < -0.4 is 5.32 Å². The van der Waals surface area contributed by atoms with E-state index < -0.39 is 0 Å². The van der Waals surface area contributed by atoms with Crippen molar-refractivity contribution in [3.05, 3.63) is 78.4 Å². The highest BCUT2D eigenvalue weighted by atomic mass is 32.1. The summed E-state index contributed by atoms with van der Waals surface area (Å²) >= 11 is 1.48. The third-order valence-corrected chi connectivity index (χ3v) is 4.96. The van der Waals surface area contributed by atoms with E-state index in [-0.39, 0.29) is 11.7 Å². The summed E-state index contributed by atoms with van der Waals surface area (Å²) in [5, 5.41) is 4.60. The Morgan fingerprint density at radius 2 is 2.04 bits per heavy atom. The van der Waals surface area contributed by atoms with Crippen molar-refractivity contribution in [1.82, 2.24) is 4.98 Å². The second kappa shape index (κ2) is 6.91. The SMILES string of the molecule is O=C(Nc1sc(-c2ccccc2)nc1C1=CC=CCC1)c1ccco1. The first-order valence-electron chi connectivity index (χ1n) is 8.08. The molecule has 4 rings (SSSR count). The van der Waals surface area contributed by atoms with Crippen LogP contribution in [0.5, 0.6) is 0 Å². The number of nitrogens with zero attached hydrogens (tertiary/aromatic N) is 1. The molecule has 0 bridgehead atoms. The Bertz CT molecular complexity index is 938. The second-order valence-corrected chi connectivity index (χ2v) is 6.65. The van der Waals surface area contributed by atoms with E-state index in [0.29, 0.717) is 0 Å². The molecule has 5 heteroatoms. The number of hydrogen-bond acceptors (Lipinski definition) is 4. The molecule has 1 N–H and O–H groups in total. The van der Waals surface area contributed by atoms with Crippen LogP contribution >= 0.6 is 11.3 Å². The fourth-order valence-electron chi connectivity index (χ4n) is 2.70. The number of nitrogens with one attached hydrogen (secondary N) is 1. The minimum Gasteiger partial charge on any atom is -0.459 e. The highest BCUT2D eigenvalue weighted by Gasteiger charge is 2.19. The highest BCUT2D eigenvalue weighted by molar-refractivity contribution is 7.19. The summed E-state index contributed by atoms with van der Waals surface area (Å²) in [5.74, 6) is 0.0274. The number of anilines is 1. The summed E-state index contributed by atoms with van der Waals surface area (Å²) in [5.41, 5.74) is 3.02. The average molecular weight is 348 g/mol. The van der Waals surface area contributed by atoms with Gasteiger partial charge in [-0.05, 0) is 30.5 Å². The molecule has 1 aliphatic rings. The zero-order valence-corrected chi connectivity index (χ0v) is 14.3. The number of carbonyl (C=O) groups is 1. The van der Waals surface area contributed by atoms with Gasteiger partial charge in [0, 0.05) is 5.56 Å². The van der Waals surface area contributed by atoms with Crippen molar-refractivity contribution in [2.45, 2.75) is 12.8 Å². The molecule has 2 aromatic heterocycles. The number of benzene rings is 1. The molecular weight excluding hydrogens is 332 g/mol. The quantitative estimate of drug-likeness (QED) is 0.688. The van der Waals surface area contributed by atoms with E-state index in [2.05, 4.69) is 17.5 Å². The fourth-order valence-corrected chi connectivity index (χ4v) is 3.70.